The highest BCUT2D eigenvalue weighted by atomic mass is 16.2. The van der Waals surface area contributed by atoms with Gasteiger partial charge in [0.2, 0.25) is 0 Å². The Hall–Kier alpha value is -1.30. The molecule has 1 saturated carbocycles. The summed E-state index contributed by atoms with van der Waals surface area (Å²) in [7, 11) is 0. The lowest BCUT2D eigenvalue weighted by molar-refractivity contribution is -0.128. The van der Waals surface area contributed by atoms with Crippen LogP contribution in [0.5, 0.6) is 0 Å². The van der Waals surface area contributed by atoms with Crippen molar-refractivity contribution in [3.63, 3.8) is 0 Å². The van der Waals surface area contributed by atoms with Crippen LogP contribution in [0.4, 0.5) is 0 Å². The third kappa shape index (κ3) is 2.63. The minimum Gasteiger partial charge on any atom is -0.338 e. The maximum Gasteiger partial charge on any atom is 0.264 e. The minimum absolute atomic E-state index is 0.0544. The first-order chi connectivity index (χ1) is 7.70. The lowest BCUT2D eigenvalue weighted by atomic mass is 9.98. The molecule has 1 saturated heterocycles. The molecule has 0 aromatic rings. The van der Waals surface area contributed by atoms with Gasteiger partial charge in [-0.1, -0.05) is 13.0 Å². The molecule has 0 radical (unpaired) electrons. The molecule has 0 atom stereocenters. The average Bonchev–Trinajstić information content (AvgIpc) is 3.10. The van der Waals surface area contributed by atoms with Crippen LogP contribution in [-0.2, 0) is 4.79 Å². The SMILES string of the molecule is CC1CCN(C(=O)C(C#N)=CC2CC2)CC1. The molecule has 1 aliphatic carbocycles. The average molecular weight is 218 g/mol. The summed E-state index contributed by atoms with van der Waals surface area (Å²) in [5.74, 6) is 1.14. The molecule has 1 aliphatic heterocycles. The molecule has 0 aromatic heterocycles. The third-order valence-electron chi connectivity index (χ3n) is 3.45. The van der Waals surface area contributed by atoms with Gasteiger partial charge in [0.25, 0.3) is 5.91 Å². The van der Waals surface area contributed by atoms with Crippen LogP contribution < -0.4 is 0 Å². The first-order valence-electron chi connectivity index (χ1n) is 6.12. The Balaban J connectivity index is 1.98. The fourth-order valence-electron chi connectivity index (χ4n) is 2.04. The monoisotopic (exact) mass is 218 g/mol. The molecule has 0 unspecified atom stereocenters. The predicted octanol–water partition coefficient (Wildman–Crippen LogP) is 2.10. The lowest BCUT2D eigenvalue weighted by Crippen LogP contribution is -2.38. The number of rotatable bonds is 2. The van der Waals surface area contributed by atoms with Gasteiger partial charge in [-0.05, 0) is 37.5 Å². The van der Waals surface area contributed by atoms with E-state index in [1.54, 1.807) is 0 Å². The molecular formula is C13H18N2O. The highest BCUT2D eigenvalue weighted by Gasteiger charge is 2.26. The molecule has 3 nitrogen and oxygen atoms in total. The van der Waals surface area contributed by atoms with E-state index >= 15 is 0 Å². The smallest absolute Gasteiger partial charge is 0.264 e. The number of hydrogen-bond acceptors (Lipinski definition) is 2. The van der Waals surface area contributed by atoms with Crippen LogP contribution in [0.1, 0.15) is 32.6 Å². The zero-order chi connectivity index (χ0) is 11.5. The summed E-state index contributed by atoms with van der Waals surface area (Å²) in [6, 6.07) is 2.05. The van der Waals surface area contributed by atoms with E-state index in [1.165, 1.54) is 0 Å². The first kappa shape index (κ1) is 11.2. The predicted molar refractivity (Wildman–Crippen MR) is 61.4 cm³/mol. The molecule has 2 aliphatic rings. The van der Waals surface area contributed by atoms with E-state index in [0.29, 0.717) is 17.4 Å². The zero-order valence-electron chi connectivity index (χ0n) is 9.78. The standard InChI is InChI=1S/C13H18N2O/c1-10-4-6-15(7-5-10)13(16)12(9-14)8-11-2-3-11/h8,10-11H,2-7H2,1H3. The van der Waals surface area contributed by atoms with Gasteiger partial charge in [0.1, 0.15) is 11.6 Å². The summed E-state index contributed by atoms with van der Waals surface area (Å²) in [4.78, 5) is 13.9. The molecule has 86 valence electrons. The topological polar surface area (TPSA) is 44.1 Å². The Labute approximate surface area is 96.7 Å². The van der Waals surface area contributed by atoms with Gasteiger partial charge in [0.05, 0.1) is 0 Å². The van der Waals surface area contributed by atoms with E-state index in [-0.39, 0.29) is 5.91 Å². The Morgan fingerprint density at radius 2 is 1.94 bits per heavy atom. The van der Waals surface area contributed by atoms with Crippen LogP contribution in [0, 0.1) is 23.2 Å². The molecule has 1 heterocycles. The fourth-order valence-corrected chi connectivity index (χ4v) is 2.04. The van der Waals surface area contributed by atoms with Gasteiger partial charge in [0, 0.05) is 13.1 Å². The number of likely N-dealkylation sites (tertiary alicyclic amines) is 1. The van der Waals surface area contributed by atoms with Crippen molar-refractivity contribution >= 4 is 5.91 Å². The van der Waals surface area contributed by atoms with Gasteiger partial charge in [-0.15, -0.1) is 0 Å². The van der Waals surface area contributed by atoms with E-state index in [2.05, 4.69) is 13.0 Å². The van der Waals surface area contributed by atoms with Crippen molar-refractivity contribution in [2.24, 2.45) is 11.8 Å². The molecule has 0 spiro atoms. The van der Waals surface area contributed by atoms with Crippen molar-refractivity contribution in [2.75, 3.05) is 13.1 Å². The van der Waals surface area contributed by atoms with Crippen molar-refractivity contribution in [1.82, 2.24) is 4.90 Å². The maximum absolute atomic E-state index is 12.0. The van der Waals surface area contributed by atoms with Gasteiger partial charge >= 0.3 is 0 Å². The number of hydrogen-bond donors (Lipinski definition) is 0. The van der Waals surface area contributed by atoms with E-state index < -0.39 is 0 Å². The number of allylic oxidation sites excluding steroid dienone is 1. The highest BCUT2D eigenvalue weighted by Crippen LogP contribution is 2.31. The molecule has 0 aromatic carbocycles. The highest BCUT2D eigenvalue weighted by molar-refractivity contribution is 5.97. The first-order valence-corrected chi connectivity index (χ1v) is 6.12. The van der Waals surface area contributed by atoms with E-state index in [0.717, 1.165) is 38.8 Å². The number of carbonyl (C=O) groups is 1. The summed E-state index contributed by atoms with van der Waals surface area (Å²) in [6.07, 6.45) is 6.26. The van der Waals surface area contributed by atoms with E-state index in [9.17, 15) is 4.79 Å². The van der Waals surface area contributed by atoms with Gasteiger partial charge < -0.3 is 4.90 Å². The van der Waals surface area contributed by atoms with Crippen LogP contribution in [0.3, 0.4) is 0 Å². The van der Waals surface area contributed by atoms with Crippen molar-refractivity contribution in [2.45, 2.75) is 32.6 Å². The largest absolute Gasteiger partial charge is 0.338 e. The van der Waals surface area contributed by atoms with E-state index in [4.69, 9.17) is 5.26 Å². The minimum atomic E-state index is -0.0544. The van der Waals surface area contributed by atoms with Crippen molar-refractivity contribution in [3.05, 3.63) is 11.6 Å². The maximum atomic E-state index is 12.0. The molecule has 2 rings (SSSR count). The van der Waals surface area contributed by atoms with Gasteiger partial charge in [-0.3, -0.25) is 4.79 Å². The van der Waals surface area contributed by atoms with Crippen LogP contribution in [0.25, 0.3) is 0 Å². The fraction of sp³-hybridized carbons (Fsp3) is 0.692. The number of carbonyl (C=O) groups excluding carboxylic acids is 1. The van der Waals surface area contributed by atoms with Crippen LogP contribution in [0.15, 0.2) is 11.6 Å². The number of nitrogens with zero attached hydrogens (tertiary/aromatic N) is 2. The summed E-state index contributed by atoms with van der Waals surface area (Å²) < 4.78 is 0. The second kappa shape index (κ2) is 4.69. The molecule has 3 heteroatoms. The van der Waals surface area contributed by atoms with Crippen LogP contribution in [-0.4, -0.2) is 23.9 Å². The Bertz CT molecular complexity index is 341. The zero-order valence-corrected chi connectivity index (χ0v) is 9.78. The van der Waals surface area contributed by atoms with Crippen molar-refractivity contribution in [1.29, 1.82) is 5.26 Å². The van der Waals surface area contributed by atoms with Crippen LogP contribution >= 0.6 is 0 Å². The molecule has 0 bridgehead atoms. The molecule has 2 fully saturated rings. The quantitative estimate of drug-likeness (QED) is 0.526. The third-order valence-corrected chi connectivity index (χ3v) is 3.45. The second-order valence-electron chi connectivity index (χ2n) is 5.00. The normalized spacial score (nSPS) is 23.0. The number of piperidine rings is 1. The Kier molecular flexibility index (Phi) is 3.28. The van der Waals surface area contributed by atoms with Gasteiger partial charge in [-0.25, -0.2) is 0 Å². The van der Waals surface area contributed by atoms with E-state index in [1.807, 2.05) is 11.0 Å². The van der Waals surface area contributed by atoms with Gasteiger partial charge in [-0.2, -0.15) is 5.26 Å². The van der Waals surface area contributed by atoms with Crippen LogP contribution in [0.2, 0.25) is 0 Å². The lowest BCUT2D eigenvalue weighted by Gasteiger charge is -2.30. The number of amides is 1. The summed E-state index contributed by atoms with van der Waals surface area (Å²) >= 11 is 0. The Morgan fingerprint density at radius 1 is 1.31 bits per heavy atom. The Morgan fingerprint density at radius 3 is 2.44 bits per heavy atom. The molecule has 1 amide bonds. The molecule has 0 N–H and O–H groups in total. The van der Waals surface area contributed by atoms with Crippen molar-refractivity contribution < 1.29 is 4.79 Å². The second-order valence-corrected chi connectivity index (χ2v) is 5.00. The number of nitriles is 1. The summed E-state index contributed by atoms with van der Waals surface area (Å²) in [5.41, 5.74) is 0.358. The summed E-state index contributed by atoms with van der Waals surface area (Å²) in [6.45, 7) is 3.83. The molecular weight excluding hydrogens is 200 g/mol. The summed E-state index contributed by atoms with van der Waals surface area (Å²) in [5, 5.41) is 8.99. The van der Waals surface area contributed by atoms with Gasteiger partial charge in [0.15, 0.2) is 0 Å². The molecule has 16 heavy (non-hydrogen) atoms. The van der Waals surface area contributed by atoms with Crippen molar-refractivity contribution in [3.8, 4) is 6.07 Å².